The lowest BCUT2D eigenvalue weighted by Crippen LogP contribution is -2.38. The lowest BCUT2D eigenvalue weighted by molar-refractivity contribution is 0.00576. The van der Waals surface area contributed by atoms with Gasteiger partial charge in [-0.1, -0.05) is 19.1 Å². The van der Waals surface area contributed by atoms with E-state index in [9.17, 15) is 4.79 Å². The first-order valence-corrected chi connectivity index (χ1v) is 7.05. The van der Waals surface area contributed by atoms with Gasteiger partial charge < -0.3 is 9.47 Å². The summed E-state index contributed by atoms with van der Waals surface area (Å²) in [7, 11) is 1.64. The average Bonchev–Trinajstić information content (AvgIpc) is 2.95. The molecule has 0 N–H and O–H groups in total. The molecule has 0 amide bonds. The number of para-hydroxylation sites is 1. The molecular formula is C16H22O3. The van der Waals surface area contributed by atoms with Crippen LogP contribution in [0, 0.1) is 0 Å². The molecule has 1 aromatic rings. The topological polar surface area (TPSA) is 35.5 Å². The van der Waals surface area contributed by atoms with E-state index < -0.39 is 5.60 Å². The van der Waals surface area contributed by atoms with Gasteiger partial charge in [0.05, 0.1) is 12.2 Å². The van der Waals surface area contributed by atoms with Gasteiger partial charge in [0.15, 0.2) is 5.78 Å². The summed E-state index contributed by atoms with van der Waals surface area (Å²) in [5.41, 5.74) is 0.0192. The lowest BCUT2D eigenvalue weighted by Gasteiger charge is -2.26. The maximum absolute atomic E-state index is 12.8. The molecule has 0 aromatic heterocycles. The quantitative estimate of drug-likeness (QED) is 0.735. The molecule has 1 aliphatic rings. The first kappa shape index (κ1) is 14.1. The number of methoxy groups -OCH3 is 1. The number of carbonyl (C=O) groups is 1. The van der Waals surface area contributed by atoms with Crippen LogP contribution in [0.15, 0.2) is 24.3 Å². The molecule has 19 heavy (non-hydrogen) atoms. The maximum atomic E-state index is 12.8. The summed E-state index contributed by atoms with van der Waals surface area (Å²) in [5, 5.41) is 0. The molecule has 3 heteroatoms. The molecule has 0 spiro atoms. The predicted octanol–water partition coefficient (Wildman–Crippen LogP) is 3.62. The van der Waals surface area contributed by atoms with Gasteiger partial charge in [0.2, 0.25) is 0 Å². The molecule has 0 aliphatic heterocycles. The molecule has 1 aliphatic carbocycles. The standard InChI is InChI=1S/C16H22O3/c1-3-12-19-14-9-5-4-8-13(14)15(17)16(18-2)10-6-7-11-16/h4-5,8-9H,3,6-7,10-12H2,1-2H3. The van der Waals surface area contributed by atoms with E-state index in [1.54, 1.807) is 7.11 Å². The molecular weight excluding hydrogens is 240 g/mol. The molecule has 0 heterocycles. The van der Waals surface area contributed by atoms with Crippen LogP contribution in [0.4, 0.5) is 0 Å². The third-order valence-corrected chi connectivity index (χ3v) is 3.81. The number of hydrogen-bond acceptors (Lipinski definition) is 3. The smallest absolute Gasteiger partial charge is 0.198 e. The van der Waals surface area contributed by atoms with Gasteiger partial charge in [0.1, 0.15) is 11.4 Å². The SMILES string of the molecule is CCCOc1ccccc1C(=O)C1(OC)CCCC1. The van der Waals surface area contributed by atoms with Crippen molar-refractivity contribution in [2.75, 3.05) is 13.7 Å². The fraction of sp³-hybridized carbons (Fsp3) is 0.562. The van der Waals surface area contributed by atoms with Crippen molar-refractivity contribution < 1.29 is 14.3 Å². The number of ether oxygens (including phenoxy) is 2. The van der Waals surface area contributed by atoms with E-state index in [4.69, 9.17) is 9.47 Å². The van der Waals surface area contributed by atoms with Crippen molar-refractivity contribution in [1.82, 2.24) is 0 Å². The first-order chi connectivity index (χ1) is 9.23. The van der Waals surface area contributed by atoms with E-state index in [2.05, 4.69) is 6.92 Å². The molecule has 0 unspecified atom stereocenters. The van der Waals surface area contributed by atoms with Gasteiger partial charge in [0, 0.05) is 7.11 Å². The van der Waals surface area contributed by atoms with Crippen LogP contribution in [-0.2, 0) is 4.74 Å². The second-order valence-corrected chi connectivity index (χ2v) is 5.08. The third kappa shape index (κ3) is 2.81. The second kappa shape index (κ2) is 6.20. The molecule has 0 atom stereocenters. The summed E-state index contributed by atoms with van der Waals surface area (Å²) in [6, 6.07) is 7.48. The summed E-state index contributed by atoms with van der Waals surface area (Å²) in [6.07, 6.45) is 4.65. The van der Waals surface area contributed by atoms with Crippen LogP contribution in [0.25, 0.3) is 0 Å². The fourth-order valence-corrected chi connectivity index (χ4v) is 2.71. The highest BCUT2D eigenvalue weighted by Gasteiger charge is 2.42. The van der Waals surface area contributed by atoms with E-state index >= 15 is 0 Å². The number of Topliss-reactive ketones (excluding diaryl/α,β-unsaturated/α-hetero) is 1. The molecule has 0 radical (unpaired) electrons. The van der Waals surface area contributed by atoms with Crippen molar-refractivity contribution in [3.05, 3.63) is 29.8 Å². The van der Waals surface area contributed by atoms with Gasteiger partial charge in [-0.25, -0.2) is 0 Å². The highest BCUT2D eigenvalue weighted by molar-refractivity contribution is 6.04. The largest absolute Gasteiger partial charge is 0.493 e. The Morgan fingerprint density at radius 3 is 2.58 bits per heavy atom. The predicted molar refractivity (Wildman–Crippen MR) is 74.8 cm³/mol. The Balaban J connectivity index is 2.27. The Morgan fingerprint density at radius 1 is 1.26 bits per heavy atom. The van der Waals surface area contributed by atoms with Gasteiger partial charge >= 0.3 is 0 Å². The summed E-state index contributed by atoms with van der Waals surface area (Å²) in [4.78, 5) is 12.8. The minimum Gasteiger partial charge on any atom is -0.493 e. The highest BCUT2D eigenvalue weighted by Crippen LogP contribution is 2.37. The number of hydrogen-bond donors (Lipinski definition) is 0. The molecule has 0 bridgehead atoms. The van der Waals surface area contributed by atoms with Gasteiger partial charge in [-0.2, -0.15) is 0 Å². The minimum absolute atomic E-state index is 0.0687. The van der Waals surface area contributed by atoms with Crippen LogP contribution < -0.4 is 4.74 Å². The maximum Gasteiger partial charge on any atom is 0.198 e. The van der Waals surface area contributed by atoms with Crippen LogP contribution >= 0.6 is 0 Å². The fourth-order valence-electron chi connectivity index (χ4n) is 2.71. The first-order valence-electron chi connectivity index (χ1n) is 7.05. The molecule has 2 rings (SSSR count). The minimum atomic E-state index is -0.633. The molecule has 3 nitrogen and oxygen atoms in total. The van der Waals surface area contributed by atoms with E-state index in [1.165, 1.54) is 0 Å². The van der Waals surface area contributed by atoms with Crippen molar-refractivity contribution >= 4 is 5.78 Å². The van der Waals surface area contributed by atoms with E-state index in [-0.39, 0.29) is 5.78 Å². The Labute approximate surface area is 114 Å². The zero-order valence-electron chi connectivity index (χ0n) is 11.8. The van der Waals surface area contributed by atoms with E-state index in [0.717, 1.165) is 32.1 Å². The Morgan fingerprint density at radius 2 is 1.95 bits per heavy atom. The Kier molecular flexibility index (Phi) is 4.59. The van der Waals surface area contributed by atoms with Gasteiger partial charge in [-0.05, 0) is 44.2 Å². The summed E-state index contributed by atoms with van der Waals surface area (Å²) < 4.78 is 11.2. The number of rotatable bonds is 6. The van der Waals surface area contributed by atoms with Crippen molar-refractivity contribution in [2.45, 2.75) is 44.6 Å². The van der Waals surface area contributed by atoms with Gasteiger partial charge in [-0.3, -0.25) is 4.79 Å². The lowest BCUT2D eigenvalue weighted by atomic mass is 9.90. The van der Waals surface area contributed by atoms with Crippen molar-refractivity contribution in [2.24, 2.45) is 0 Å². The van der Waals surface area contributed by atoms with Gasteiger partial charge in [-0.15, -0.1) is 0 Å². The monoisotopic (exact) mass is 262 g/mol. The molecule has 1 fully saturated rings. The van der Waals surface area contributed by atoms with E-state index in [1.807, 2.05) is 24.3 Å². The molecule has 1 aromatic carbocycles. The van der Waals surface area contributed by atoms with Crippen molar-refractivity contribution in [1.29, 1.82) is 0 Å². The zero-order chi connectivity index (χ0) is 13.7. The molecule has 104 valence electrons. The van der Waals surface area contributed by atoms with Crippen LogP contribution in [0.2, 0.25) is 0 Å². The van der Waals surface area contributed by atoms with Crippen molar-refractivity contribution in [3.63, 3.8) is 0 Å². The average molecular weight is 262 g/mol. The van der Waals surface area contributed by atoms with Crippen LogP contribution in [-0.4, -0.2) is 25.1 Å². The van der Waals surface area contributed by atoms with Crippen LogP contribution in [0.5, 0.6) is 5.75 Å². The van der Waals surface area contributed by atoms with E-state index in [0.29, 0.717) is 17.9 Å². The number of benzene rings is 1. The number of carbonyl (C=O) groups excluding carboxylic acids is 1. The van der Waals surface area contributed by atoms with Crippen LogP contribution in [0.1, 0.15) is 49.4 Å². The normalized spacial score (nSPS) is 17.4. The third-order valence-electron chi connectivity index (χ3n) is 3.81. The Hall–Kier alpha value is -1.35. The van der Waals surface area contributed by atoms with Gasteiger partial charge in [0.25, 0.3) is 0 Å². The van der Waals surface area contributed by atoms with Crippen molar-refractivity contribution in [3.8, 4) is 5.75 Å². The highest BCUT2D eigenvalue weighted by atomic mass is 16.5. The summed E-state index contributed by atoms with van der Waals surface area (Å²) >= 11 is 0. The van der Waals surface area contributed by atoms with Crippen LogP contribution in [0.3, 0.4) is 0 Å². The zero-order valence-corrected chi connectivity index (χ0v) is 11.8. The number of ketones is 1. The molecule has 1 saturated carbocycles. The summed E-state index contributed by atoms with van der Waals surface area (Å²) in [5.74, 6) is 0.747. The Bertz CT molecular complexity index is 433. The summed E-state index contributed by atoms with van der Waals surface area (Å²) in [6.45, 7) is 2.68. The second-order valence-electron chi connectivity index (χ2n) is 5.08. The molecule has 0 saturated heterocycles.